The highest BCUT2D eigenvalue weighted by Gasteiger charge is 2.23. The minimum atomic E-state index is -0.453. The second-order valence-electron chi connectivity index (χ2n) is 4.86. The summed E-state index contributed by atoms with van der Waals surface area (Å²) in [5.74, 6) is -0.00333. The molecule has 0 aromatic heterocycles. The summed E-state index contributed by atoms with van der Waals surface area (Å²) in [6.07, 6.45) is 0.583. The summed E-state index contributed by atoms with van der Waals surface area (Å²) in [4.78, 5) is 10.3. The van der Waals surface area contributed by atoms with E-state index < -0.39 is 4.92 Å². The highest BCUT2D eigenvalue weighted by molar-refractivity contribution is 5.52. The van der Waals surface area contributed by atoms with Crippen LogP contribution in [0, 0.1) is 10.1 Å². The summed E-state index contributed by atoms with van der Waals surface area (Å²) >= 11 is 0. The molecule has 1 N–H and O–H groups in total. The van der Waals surface area contributed by atoms with Crippen LogP contribution in [0.5, 0.6) is 5.75 Å². The molecule has 1 aromatic rings. The quantitative estimate of drug-likeness (QED) is 0.618. The molecular formula is C12H17NO3. The molecule has 4 heteroatoms. The summed E-state index contributed by atoms with van der Waals surface area (Å²) in [7, 11) is 0. The molecule has 0 aliphatic carbocycles. The third-order valence-electron chi connectivity index (χ3n) is 2.58. The van der Waals surface area contributed by atoms with Crippen molar-refractivity contribution in [3.63, 3.8) is 0 Å². The minimum absolute atomic E-state index is 0.00333. The van der Waals surface area contributed by atoms with Gasteiger partial charge in [-0.05, 0) is 23.5 Å². The van der Waals surface area contributed by atoms with E-state index in [1.807, 2.05) is 27.7 Å². The number of nitro groups is 1. The predicted molar refractivity (Wildman–Crippen MR) is 62.8 cm³/mol. The van der Waals surface area contributed by atoms with Gasteiger partial charge in [-0.25, -0.2) is 0 Å². The van der Waals surface area contributed by atoms with Crippen LogP contribution in [0.3, 0.4) is 0 Å². The molecule has 0 spiro atoms. The van der Waals surface area contributed by atoms with Crippen molar-refractivity contribution < 1.29 is 10.0 Å². The van der Waals surface area contributed by atoms with Crippen LogP contribution < -0.4 is 0 Å². The van der Waals surface area contributed by atoms with Crippen molar-refractivity contribution in [3.8, 4) is 5.75 Å². The molecule has 16 heavy (non-hydrogen) atoms. The van der Waals surface area contributed by atoms with E-state index in [2.05, 4.69) is 0 Å². The number of phenols is 1. The van der Waals surface area contributed by atoms with E-state index in [1.54, 1.807) is 6.07 Å². The van der Waals surface area contributed by atoms with Gasteiger partial charge in [0.05, 0.1) is 11.0 Å². The smallest absolute Gasteiger partial charge is 0.276 e. The van der Waals surface area contributed by atoms with Gasteiger partial charge >= 0.3 is 0 Å². The van der Waals surface area contributed by atoms with Crippen LogP contribution in [-0.2, 0) is 11.8 Å². The molecule has 0 aliphatic rings. The fourth-order valence-electron chi connectivity index (χ4n) is 1.68. The van der Waals surface area contributed by atoms with Gasteiger partial charge in [0, 0.05) is 5.56 Å². The maximum atomic E-state index is 10.8. The third kappa shape index (κ3) is 2.32. The van der Waals surface area contributed by atoms with E-state index in [4.69, 9.17) is 0 Å². The van der Waals surface area contributed by atoms with E-state index in [-0.39, 0.29) is 16.9 Å². The van der Waals surface area contributed by atoms with Crippen molar-refractivity contribution in [2.75, 3.05) is 0 Å². The summed E-state index contributed by atoms with van der Waals surface area (Å²) < 4.78 is 0. The van der Waals surface area contributed by atoms with Crippen molar-refractivity contribution in [2.24, 2.45) is 0 Å². The van der Waals surface area contributed by atoms with Gasteiger partial charge < -0.3 is 5.11 Å². The summed E-state index contributed by atoms with van der Waals surface area (Å²) in [5, 5.41) is 20.6. The van der Waals surface area contributed by atoms with Gasteiger partial charge in [0.2, 0.25) is 0 Å². The van der Waals surface area contributed by atoms with Gasteiger partial charge in [0.15, 0.2) is 0 Å². The Bertz CT molecular complexity index is 419. The second kappa shape index (κ2) is 4.12. The van der Waals surface area contributed by atoms with Crippen molar-refractivity contribution in [1.29, 1.82) is 0 Å². The first-order chi connectivity index (χ1) is 7.27. The van der Waals surface area contributed by atoms with Crippen LogP contribution in [0.25, 0.3) is 0 Å². The van der Waals surface area contributed by atoms with Crippen LogP contribution in [0.15, 0.2) is 12.1 Å². The zero-order chi connectivity index (χ0) is 12.5. The first kappa shape index (κ1) is 12.5. The van der Waals surface area contributed by atoms with Crippen molar-refractivity contribution in [3.05, 3.63) is 33.4 Å². The molecule has 0 bridgehead atoms. The number of nitro benzene ring substituents is 1. The Morgan fingerprint density at radius 3 is 2.31 bits per heavy atom. The van der Waals surface area contributed by atoms with Crippen LogP contribution in [0.4, 0.5) is 5.69 Å². The molecule has 4 nitrogen and oxygen atoms in total. The van der Waals surface area contributed by atoms with E-state index in [0.717, 1.165) is 5.56 Å². The van der Waals surface area contributed by atoms with Gasteiger partial charge in [0.1, 0.15) is 5.75 Å². The highest BCUT2D eigenvalue weighted by atomic mass is 16.6. The first-order valence-electron chi connectivity index (χ1n) is 5.28. The van der Waals surface area contributed by atoms with Crippen LogP contribution >= 0.6 is 0 Å². The summed E-state index contributed by atoms with van der Waals surface area (Å²) in [5.41, 5.74) is 1.18. The van der Waals surface area contributed by atoms with E-state index in [9.17, 15) is 15.2 Å². The molecule has 0 aliphatic heterocycles. The highest BCUT2D eigenvalue weighted by Crippen LogP contribution is 2.35. The topological polar surface area (TPSA) is 63.4 Å². The van der Waals surface area contributed by atoms with Crippen molar-refractivity contribution in [1.82, 2.24) is 0 Å². The first-order valence-corrected chi connectivity index (χ1v) is 5.28. The SMILES string of the molecule is CCc1cc(C(C)(C)C)c(O)cc1[N+](=O)[O-]. The Morgan fingerprint density at radius 1 is 1.38 bits per heavy atom. The number of hydrogen-bond acceptors (Lipinski definition) is 3. The number of hydrogen-bond donors (Lipinski definition) is 1. The normalized spacial score (nSPS) is 11.5. The average Bonchev–Trinajstić information content (AvgIpc) is 2.15. The third-order valence-corrected chi connectivity index (χ3v) is 2.58. The zero-order valence-electron chi connectivity index (χ0n) is 10.1. The second-order valence-corrected chi connectivity index (χ2v) is 4.86. The molecule has 88 valence electrons. The molecule has 0 radical (unpaired) electrons. The molecule has 1 rings (SSSR count). The summed E-state index contributed by atoms with van der Waals surface area (Å²) in [6, 6.07) is 2.98. The Labute approximate surface area is 95.1 Å². The Kier molecular flexibility index (Phi) is 3.21. The zero-order valence-corrected chi connectivity index (χ0v) is 10.1. The van der Waals surface area contributed by atoms with Crippen LogP contribution in [-0.4, -0.2) is 10.0 Å². The molecule has 0 saturated heterocycles. The Morgan fingerprint density at radius 2 is 1.94 bits per heavy atom. The molecule has 0 heterocycles. The van der Waals surface area contributed by atoms with Crippen molar-refractivity contribution in [2.45, 2.75) is 39.5 Å². The standard InChI is InChI=1S/C12H17NO3/c1-5-8-6-9(12(2,3)4)11(14)7-10(8)13(15)16/h6-7,14H,5H2,1-4H3. The fraction of sp³-hybridized carbons (Fsp3) is 0.500. The largest absolute Gasteiger partial charge is 0.507 e. The molecule has 0 unspecified atom stereocenters. The molecular weight excluding hydrogens is 206 g/mol. The monoisotopic (exact) mass is 223 g/mol. The van der Waals surface area contributed by atoms with Crippen LogP contribution in [0.2, 0.25) is 0 Å². The Balaban J connectivity index is 3.43. The van der Waals surface area contributed by atoms with Gasteiger partial charge in [-0.1, -0.05) is 27.7 Å². The number of nitrogens with zero attached hydrogens (tertiary/aromatic N) is 1. The average molecular weight is 223 g/mol. The van der Waals surface area contributed by atoms with E-state index in [0.29, 0.717) is 12.0 Å². The lowest BCUT2D eigenvalue weighted by atomic mass is 9.85. The molecule has 1 aromatic carbocycles. The Hall–Kier alpha value is -1.58. The summed E-state index contributed by atoms with van der Waals surface area (Å²) in [6.45, 7) is 7.76. The minimum Gasteiger partial charge on any atom is -0.507 e. The van der Waals surface area contributed by atoms with Gasteiger partial charge in [-0.3, -0.25) is 10.1 Å². The van der Waals surface area contributed by atoms with Crippen molar-refractivity contribution >= 4 is 5.69 Å². The number of rotatable bonds is 2. The maximum Gasteiger partial charge on any atom is 0.276 e. The number of aromatic hydroxyl groups is 1. The number of phenolic OH excluding ortho intramolecular Hbond substituents is 1. The number of aryl methyl sites for hydroxylation is 1. The lowest BCUT2D eigenvalue weighted by molar-refractivity contribution is -0.385. The maximum absolute atomic E-state index is 10.8. The van der Waals surface area contributed by atoms with Crippen LogP contribution in [0.1, 0.15) is 38.8 Å². The van der Waals surface area contributed by atoms with E-state index >= 15 is 0 Å². The van der Waals surface area contributed by atoms with Gasteiger partial charge in [-0.15, -0.1) is 0 Å². The predicted octanol–water partition coefficient (Wildman–Crippen LogP) is 3.16. The molecule has 0 saturated carbocycles. The molecule has 0 atom stereocenters. The number of benzene rings is 1. The lowest BCUT2D eigenvalue weighted by Crippen LogP contribution is -2.12. The van der Waals surface area contributed by atoms with Gasteiger partial charge in [0.25, 0.3) is 5.69 Å². The fourth-order valence-corrected chi connectivity index (χ4v) is 1.68. The molecule has 0 amide bonds. The van der Waals surface area contributed by atoms with Gasteiger partial charge in [-0.2, -0.15) is 0 Å². The lowest BCUT2D eigenvalue weighted by Gasteiger charge is -2.21. The molecule has 0 fully saturated rings. The van der Waals surface area contributed by atoms with E-state index in [1.165, 1.54) is 6.07 Å².